The van der Waals surface area contributed by atoms with Crippen LogP contribution in [0.2, 0.25) is 0 Å². The lowest BCUT2D eigenvalue weighted by atomic mass is 10.1. The minimum Gasteiger partial charge on any atom is -0.489 e. The summed E-state index contributed by atoms with van der Waals surface area (Å²) in [7, 11) is 0. The van der Waals surface area contributed by atoms with Crippen molar-refractivity contribution in [2.45, 2.75) is 6.04 Å². The summed E-state index contributed by atoms with van der Waals surface area (Å²) in [5.41, 5.74) is 6.04. The number of halogens is 4. The van der Waals surface area contributed by atoms with E-state index < -0.39 is 29.3 Å². The topological polar surface area (TPSA) is 35.2 Å². The predicted octanol–water partition coefficient (Wildman–Crippen LogP) is 3.32. The molecule has 2 rings (SSSR count). The van der Waals surface area contributed by atoms with E-state index in [1.54, 1.807) is 0 Å². The average Bonchev–Trinajstić information content (AvgIpc) is 2.40. The van der Waals surface area contributed by atoms with E-state index in [-0.39, 0.29) is 12.4 Å². The molecule has 2 aromatic carbocycles. The number of rotatable bonds is 4. The Labute approximate surface area is 112 Å². The van der Waals surface area contributed by atoms with Crippen molar-refractivity contribution in [1.29, 1.82) is 0 Å². The van der Waals surface area contributed by atoms with Crippen molar-refractivity contribution in [2.24, 2.45) is 5.73 Å². The van der Waals surface area contributed by atoms with Crippen LogP contribution in [0.15, 0.2) is 36.4 Å². The van der Waals surface area contributed by atoms with Crippen LogP contribution < -0.4 is 10.5 Å². The molecule has 6 heteroatoms. The number of hydrogen-bond donors (Lipinski definition) is 1. The largest absolute Gasteiger partial charge is 0.489 e. The van der Waals surface area contributed by atoms with Crippen LogP contribution in [0.5, 0.6) is 5.75 Å². The summed E-state index contributed by atoms with van der Waals surface area (Å²) in [4.78, 5) is 0. The first-order chi connectivity index (χ1) is 9.47. The molecule has 0 aromatic heterocycles. The fourth-order valence-electron chi connectivity index (χ4n) is 1.61. The van der Waals surface area contributed by atoms with Gasteiger partial charge in [0.2, 0.25) is 0 Å². The normalized spacial score (nSPS) is 12.2. The van der Waals surface area contributed by atoms with Crippen LogP contribution in [0, 0.1) is 23.3 Å². The van der Waals surface area contributed by atoms with E-state index in [1.165, 1.54) is 6.07 Å². The van der Waals surface area contributed by atoms with E-state index in [9.17, 15) is 17.6 Å². The maximum atomic E-state index is 13.3. The zero-order valence-electron chi connectivity index (χ0n) is 10.2. The molecule has 0 saturated heterocycles. The lowest BCUT2D eigenvalue weighted by molar-refractivity contribution is 0.276. The summed E-state index contributed by atoms with van der Waals surface area (Å²) in [6.45, 7) is -0.159. The molecule has 0 radical (unpaired) electrons. The second kappa shape index (κ2) is 5.92. The van der Waals surface area contributed by atoms with Crippen molar-refractivity contribution < 1.29 is 22.3 Å². The van der Waals surface area contributed by atoms with Crippen molar-refractivity contribution in [3.05, 3.63) is 65.2 Å². The molecule has 0 spiro atoms. The summed E-state index contributed by atoms with van der Waals surface area (Å²) in [6.07, 6.45) is 0. The van der Waals surface area contributed by atoms with Crippen LogP contribution in [-0.4, -0.2) is 6.61 Å². The van der Waals surface area contributed by atoms with Crippen LogP contribution >= 0.6 is 0 Å². The first kappa shape index (κ1) is 14.3. The Balaban J connectivity index is 2.04. The SMILES string of the molecule is NC(COc1ccc(F)cc1F)c1ccc(F)c(F)c1. The Morgan fingerprint density at radius 2 is 1.65 bits per heavy atom. The number of nitrogens with two attached hydrogens (primary N) is 1. The maximum absolute atomic E-state index is 13.3. The highest BCUT2D eigenvalue weighted by molar-refractivity contribution is 5.25. The van der Waals surface area contributed by atoms with Crippen LogP contribution in [0.3, 0.4) is 0 Å². The minimum atomic E-state index is -1.02. The van der Waals surface area contributed by atoms with Gasteiger partial charge in [0.05, 0.1) is 6.04 Å². The van der Waals surface area contributed by atoms with Gasteiger partial charge in [-0.05, 0) is 29.8 Å². The smallest absolute Gasteiger partial charge is 0.167 e. The molecular formula is C14H11F4NO. The van der Waals surface area contributed by atoms with Gasteiger partial charge in [-0.3, -0.25) is 0 Å². The molecule has 0 heterocycles. The lowest BCUT2D eigenvalue weighted by Gasteiger charge is -2.14. The predicted molar refractivity (Wildman–Crippen MR) is 65.1 cm³/mol. The van der Waals surface area contributed by atoms with Gasteiger partial charge in [-0.2, -0.15) is 0 Å². The molecule has 106 valence electrons. The third-order valence-corrected chi connectivity index (χ3v) is 2.68. The monoisotopic (exact) mass is 285 g/mol. The van der Waals surface area contributed by atoms with Gasteiger partial charge in [-0.15, -0.1) is 0 Å². The summed E-state index contributed by atoms with van der Waals surface area (Å²) >= 11 is 0. The van der Waals surface area contributed by atoms with E-state index >= 15 is 0 Å². The Bertz CT molecular complexity index is 618. The second-order valence-corrected chi connectivity index (χ2v) is 4.17. The number of hydrogen-bond acceptors (Lipinski definition) is 2. The molecule has 20 heavy (non-hydrogen) atoms. The van der Waals surface area contributed by atoms with Crippen LogP contribution in [0.4, 0.5) is 17.6 Å². The quantitative estimate of drug-likeness (QED) is 0.875. The summed E-state index contributed by atoms with van der Waals surface area (Å²) in [5.74, 6) is -3.75. The highest BCUT2D eigenvalue weighted by Crippen LogP contribution is 2.20. The van der Waals surface area contributed by atoms with E-state index in [0.29, 0.717) is 11.6 Å². The standard InChI is InChI=1S/C14H11F4NO/c15-9-2-4-14(12(18)6-9)20-7-13(19)8-1-3-10(16)11(17)5-8/h1-6,13H,7,19H2. The molecular weight excluding hydrogens is 274 g/mol. The fourth-order valence-corrected chi connectivity index (χ4v) is 1.61. The van der Waals surface area contributed by atoms with E-state index in [1.807, 2.05) is 0 Å². The Morgan fingerprint density at radius 3 is 2.30 bits per heavy atom. The third kappa shape index (κ3) is 3.27. The van der Waals surface area contributed by atoms with Gasteiger partial charge in [0.15, 0.2) is 23.2 Å². The van der Waals surface area contributed by atoms with Gasteiger partial charge in [-0.1, -0.05) is 6.07 Å². The van der Waals surface area contributed by atoms with Gasteiger partial charge in [0.1, 0.15) is 12.4 Å². The van der Waals surface area contributed by atoms with Crippen LogP contribution in [0.25, 0.3) is 0 Å². The molecule has 0 saturated carbocycles. The second-order valence-electron chi connectivity index (χ2n) is 4.17. The van der Waals surface area contributed by atoms with Crippen molar-refractivity contribution in [2.75, 3.05) is 6.61 Å². The molecule has 0 aliphatic carbocycles. The summed E-state index contributed by atoms with van der Waals surface area (Å²) < 4.78 is 56.9. The van der Waals surface area contributed by atoms with Crippen molar-refractivity contribution in [3.8, 4) is 5.75 Å². The van der Waals surface area contributed by atoms with Crippen LogP contribution in [-0.2, 0) is 0 Å². The van der Waals surface area contributed by atoms with E-state index in [0.717, 1.165) is 24.3 Å². The molecule has 2 nitrogen and oxygen atoms in total. The minimum absolute atomic E-state index is 0.159. The van der Waals surface area contributed by atoms with Gasteiger partial charge in [-0.25, -0.2) is 17.6 Å². The zero-order chi connectivity index (χ0) is 14.7. The Hall–Kier alpha value is -2.08. The van der Waals surface area contributed by atoms with Crippen LogP contribution in [0.1, 0.15) is 11.6 Å². The molecule has 2 aromatic rings. The first-order valence-electron chi connectivity index (χ1n) is 5.76. The number of benzene rings is 2. The summed E-state index contributed by atoms with van der Waals surface area (Å²) in [5, 5.41) is 0. The zero-order valence-corrected chi connectivity index (χ0v) is 10.2. The molecule has 0 aliphatic rings. The van der Waals surface area contributed by atoms with E-state index in [4.69, 9.17) is 10.5 Å². The lowest BCUT2D eigenvalue weighted by Crippen LogP contribution is -2.19. The average molecular weight is 285 g/mol. The molecule has 0 amide bonds. The van der Waals surface area contributed by atoms with Gasteiger partial charge >= 0.3 is 0 Å². The Morgan fingerprint density at radius 1 is 0.900 bits per heavy atom. The summed E-state index contributed by atoms with van der Waals surface area (Å²) in [6, 6.07) is 5.29. The molecule has 1 atom stereocenters. The van der Waals surface area contributed by atoms with Gasteiger partial charge in [0.25, 0.3) is 0 Å². The number of ether oxygens (including phenoxy) is 1. The third-order valence-electron chi connectivity index (χ3n) is 2.68. The molecule has 2 N–H and O–H groups in total. The Kier molecular flexibility index (Phi) is 4.24. The fraction of sp³-hybridized carbons (Fsp3) is 0.143. The van der Waals surface area contributed by atoms with Crippen molar-refractivity contribution in [1.82, 2.24) is 0 Å². The van der Waals surface area contributed by atoms with E-state index in [2.05, 4.69) is 0 Å². The maximum Gasteiger partial charge on any atom is 0.167 e. The molecule has 0 bridgehead atoms. The highest BCUT2D eigenvalue weighted by Gasteiger charge is 2.12. The molecule has 0 aliphatic heterocycles. The van der Waals surface area contributed by atoms with Crippen molar-refractivity contribution >= 4 is 0 Å². The first-order valence-corrected chi connectivity index (χ1v) is 5.76. The molecule has 1 unspecified atom stereocenters. The van der Waals surface area contributed by atoms with Gasteiger partial charge < -0.3 is 10.5 Å². The highest BCUT2D eigenvalue weighted by atomic mass is 19.2. The van der Waals surface area contributed by atoms with Crippen molar-refractivity contribution in [3.63, 3.8) is 0 Å². The molecule has 0 fully saturated rings. The van der Waals surface area contributed by atoms with Gasteiger partial charge in [0, 0.05) is 6.07 Å².